The standard InChI is InChI=1S/C9H10BrO/c10-9-6-2-1-4-8(9)5-3-7-11/h1-2,4,6H,3,5,7H2. The first-order valence-electron chi connectivity index (χ1n) is 3.66. The summed E-state index contributed by atoms with van der Waals surface area (Å²) in [6.45, 7) is 0.0152. The van der Waals surface area contributed by atoms with Gasteiger partial charge in [0.2, 0.25) is 0 Å². The van der Waals surface area contributed by atoms with Crippen molar-refractivity contribution in [3.63, 3.8) is 0 Å². The van der Waals surface area contributed by atoms with E-state index in [-0.39, 0.29) is 6.61 Å². The molecule has 1 radical (unpaired) electrons. The van der Waals surface area contributed by atoms with Crippen LogP contribution in [0.25, 0.3) is 0 Å². The van der Waals surface area contributed by atoms with E-state index in [1.165, 1.54) is 5.56 Å². The van der Waals surface area contributed by atoms with Gasteiger partial charge in [0, 0.05) is 4.47 Å². The van der Waals surface area contributed by atoms with E-state index in [9.17, 15) is 5.11 Å². The first kappa shape index (κ1) is 8.75. The molecule has 1 nitrogen and oxygen atoms in total. The van der Waals surface area contributed by atoms with E-state index >= 15 is 0 Å². The fraction of sp³-hybridized carbons (Fsp3) is 0.333. The minimum atomic E-state index is 0.0152. The third-order valence-electron chi connectivity index (χ3n) is 1.55. The highest BCUT2D eigenvalue weighted by atomic mass is 79.9. The molecule has 2 heteroatoms. The van der Waals surface area contributed by atoms with Crippen molar-refractivity contribution in [1.29, 1.82) is 0 Å². The van der Waals surface area contributed by atoms with Crippen LogP contribution in [0.15, 0.2) is 28.7 Å². The average molecular weight is 214 g/mol. The molecule has 0 atom stereocenters. The van der Waals surface area contributed by atoms with Crippen LogP contribution >= 0.6 is 15.9 Å². The highest BCUT2D eigenvalue weighted by Crippen LogP contribution is 2.16. The second-order valence-corrected chi connectivity index (χ2v) is 3.25. The molecule has 0 amide bonds. The van der Waals surface area contributed by atoms with Crippen LogP contribution in [-0.2, 0) is 11.5 Å². The number of halogens is 1. The van der Waals surface area contributed by atoms with Crippen molar-refractivity contribution in [3.05, 3.63) is 34.3 Å². The zero-order valence-corrected chi connectivity index (χ0v) is 7.80. The highest BCUT2D eigenvalue weighted by Gasteiger charge is 1.96. The molecule has 1 aromatic rings. The van der Waals surface area contributed by atoms with E-state index in [1.54, 1.807) is 0 Å². The third-order valence-corrected chi connectivity index (χ3v) is 2.32. The van der Waals surface area contributed by atoms with Crippen molar-refractivity contribution < 1.29 is 5.11 Å². The Morgan fingerprint density at radius 2 is 2.00 bits per heavy atom. The van der Waals surface area contributed by atoms with Gasteiger partial charge in [0.25, 0.3) is 0 Å². The summed E-state index contributed by atoms with van der Waals surface area (Å²) in [5, 5.41) is 10.2. The normalized spacial score (nSPS) is 10.0. The monoisotopic (exact) mass is 213 g/mol. The van der Waals surface area contributed by atoms with Crippen LogP contribution in [0.2, 0.25) is 0 Å². The molecule has 11 heavy (non-hydrogen) atoms. The molecule has 0 aliphatic carbocycles. The Morgan fingerprint density at radius 3 is 2.64 bits per heavy atom. The third kappa shape index (κ3) is 2.64. The van der Waals surface area contributed by atoms with Gasteiger partial charge in [0.1, 0.15) is 0 Å². The summed E-state index contributed by atoms with van der Waals surface area (Å²) < 4.78 is 1.11. The Morgan fingerprint density at radius 1 is 1.27 bits per heavy atom. The van der Waals surface area contributed by atoms with E-state index in [2.05, 4.69) is 15.9 Å². The van der Waals surface area contributed by atoms with Crippen molar-refractivity contribution in [2.45, 2.75) is 12.8 Å². The fourth-order valence-corrected chi connectivity index (χ4v) is 1.45. The first-order valence-corrected chi connectivity index (χ1v) is 4.45. The van der Waals surface area contributed by atoms with Gasteiger partial charge in [0.15, 0.2) is 0 Å². The molecule has 1 rings (SSSR count). The van der Waals surface area contributed by atoms with Gasteiger partial charge in [-0.25, -0.2) is 5.11 Å². The summed E-state index contributed by atoms with van der Waals surface area (Å²) in [6, 6.07) is 8.01. The van der Waals surface area contributed by atoms with Crippen LogP contribution in [0, 0.1) is 0 Å². The number of aryl methyl sites for hydroxylation is 1. The Balaban J connectivity index is 2.62. The molecule has 0 aliphatic rings. The Labute approximate surface area is 75.2 Å². The Kier molecular flexibility index (Phi) is 3.60. The molecule has 59 valence electrons. The van der Waals surface area contributed by atoms with Crippen LogP contribution in [0.5, 0.6) is 0 Å². The zero-order valence-electron chi connectivity index (χ0n) is 6.22. The van der Waals surface area contributed by atoms with Gasteiger partial charge < -0.3 is 0 Å². The number of hydrogen-bond acceptors (Lipinski definition) is 0. The lowest BCUT2D eigenvalue weighted by atomic mass is 10.1. The van der Waals surface area contributed by atoms with Crippen LogP contribution in [0.4, 0.5) is 0 Å². The minimum Gasteiger partial charge on any atom is -0.237 e. The lowest BCUT2D eigenvalue weighted by Crippen LogP contribution is -1.88. The van der Waals surface area contributed by atoms with E-state index in [0.717, 1.165) is 17.3 Å². The van der Waals surface area contributed by atoms with E-state index in [4.69, 9.17) is 0 Å². The predicted octanol–water partition coefficient (Wildman–Crippen LogP) is 2.81. The lowest BCUT2D eigenvalue weighted by Gasteiger charge is -2.00. The zero-order chi connectivity index (χ0) is 8.10. The molecular weight excluding hydrogens is 204 g/mol. The van der Waals surface area contributed by atoms with Crippen LogP contribution in [0.3, 0.4) is 0 Å². The molecule has 1 aromatic carbocycles. The molecule has 0 saturated carbocycles. The topological polar surface area (TPSA) is 19.9 Å². The minimum absolute atomic E-state index is 0.0152. The second kappa shape index (κ2) is 4.52. The summed E-state index contributed by atoms with van der Waals surface area (Å²) in [6.07, 6.45) is 1.60. The molecular formula is C9H10BrO. The maximum absolute atomic E-state index is 10.2. The molecule has 0 aliphatic heterocycles. The van der Waals surface area contributed by atoms with E-state index < -0.39 is 0 Å². The maximum Gasteiger partial charge on any atom is 0.0825 e. The van der Waals surface area contributed by atoms with E-state index in [0.29, 0.717) is 0 Å². The van der Waals surface area contributed by atoms with Crippen LogP contribution in [-0.4, -0.2) is 6.61 Å². The fourth-order valence-electron chi connectivity index (χ4n) is 0.964. The Hall–Kier alpha value is -0.340. The number of rotatable bonds is 3. The summed E-state index contributed by atoms with van der Waals surface area (Å²) in [4.78, 5) is 0. The van der Waals surface area contributed by atoms with Gasteiger partial charge in [-0.1, -0.05) is 34.1 Å². The molecule has 0 bridgehead atoms. The van der Waals surface area contributed by atoms with Gasteiger partial charge in [-0.2, -0.15) is 0 Å². The van der Waals surface area contributed by atoms with Gasteiger partial charge in [0.05, 0.1) is 6.61 Å². The molecule has 0 spiro atoms. The highest BCUT2D eigenvalue weighted by molar-refractivity contribution is 9.10. The van der Waals surface area contributed by atoms with Crippen molar-refractivity contribution in [3.8, 4) is 0 Å². The lowest BCUT2D eigenvalue weighted by molar-refractivity contribution is 0.189. The maximum atomic E-state index is 10.2. The molecule has 0 fully saturated rings. The van der Waals surface area contributed by atoms with E-state index in [1.807, 2.05) is 24.3 Å². The quantitative estimate of drug-likeness (QED) is 0.737. The summed E-state index contributed by atoms with van der Waals surface area (Å²) in [7, 11) is 0. The van der Waals surface area contributed by atoms with Crippen molar-refractivity contribution in [2.75, 3.05) is 6.61 Å². The molecule has 0 aromatic heterocycles. The Bertz CT molecular complexity index is 223. The van der Waals surface area contributed by atoms with Crippen LogP contribution < -0.4 is 0 Å². The van der Waals surface area contributed by atoms with Gasteiger partial charge in [-0.15, -0.1) is 0 Å². The number of benzene rings is 1. The van der Waals surface area contributed by atoms with Gasteiger partial charge in [-0.3, -0.25) is 0 Å². The summed E-state index contributed by atoms with van der Waals surface area (Å²) in [5.41, 5.74) is 1.23. The van der Waals surface area contributed by atoms with Crippen LogP contribution in [0.1, 0.15) is 12.0 Å². The largest absolute Gasteiger partial charge is 0.237 e. The number of hydrogen-bond donors (Lipinski definition) is 0. The molecule has 0 N–H and O–H groups in total. The molecule has 0 unspecified atom stereocenters. The van der Waals surface area contributed by atoms with Crippen molar-refractivity contribution in [1.82, 2.24) is 0 Å². The first-order chi connectivity index (χ1) is 5.34. The second-order valence-electron chi connectivity index (χ2n) is 2.40. The van der Waals surface area contributed by atoms with Crippen molar-refractivity contribution >= 4 is 15.9 Å². The van der Waals surface area contributed by atoms with Gasteiger partial charge >= 0.3 is 0 Å². The molecule has 0 heterocycles. The van der Waals surface area contributed by atoms with Gasteiger partial charge in [-0.05, 0) is 24.5 Å². The van der Waals surface area contributed by atoms with Crippen molar-refractivity contribution in [2.24, 2.45) is 0 Å². The molecule has 0 saturated heterocycles. The smallest absolute Gasteiger partial charge is 0.0825 e. The average Bonchev–Trinajstić information content (AvgIpc) is 2.03. The SMILES string of the molecule is [O]CCCc1ccccc1Br. The summed E-state index contributed by atoms with van der Waals surface area (Å²) >= 11 is 3.42. The predicted molar refractivity (Wildman–Crippen MR) is 48.0 cm³/mol. The summed E-state index contributed by atoms with van der Waals surface area (Å²) in [5.74, 6) is 0.